The molecular weight excluding hydrogens is 400 g/mol. The van der Waals surface area contributed by atoms with Gasteiger partial charge in [0, 0.05) is 18.6 Å². The molecule has 30 heavy (non-hydrogen) atoms. The molecule has 0 spiro atoms. The van der Waals surface area contributed by atoms with Gasteiger partial charge in [0.25, 0.3) is 0 Å². The Bertz CT molecular complexity index is 854. The van der Waals surface area contributed by atoms with Crippen LogP contribution in [0, 0.1) is 12.8 Å². The molecule has 0 aromatic heterocycles. The van der Waals surface area contributed by atoms with E-state index in [1.807, 2.05) is 19.1 Å². The maximum Gasteiger partial charge on any atom is 0.385 e. The van der Waals surface area contributed by atoms with E-state index in [0.717, 1.165) is 37.7 Å². The molecule has 166 valence electrons. The zero-order chi connectivity index (χ0) is 21.3. The Morgan fingerprint density at radius 2 is 1.67 bits per heavy atom. The highest BCUT2D eigenvalue weighted by atomic mass is 32.2. The summed E-state index contributed by atoms with van der Waals surface area (Å²) >= 11 is 0. The molecule has 3 aliphatic rings. The fourth-order valence-electron chi connectivity index (χ4n) is 5.55. The Morgan fingerprint density at radius 1 is 0.967 bits per heavy atom. The lowest BCUT2D eigenvalue weighted by atomic mass is 9.76. The minimum absolute atomic E-state index is 0.0186. The summed E-state index contributed by atoms with van der Waals surface area (Å²) in [6.45, 7) is 4.39. The topological polar surface area (TPSA) is 66.9 Å². The molecule has 2 aliphatic heterocycles. The zero-order valence-electron chi connectivity index (χ0n) is 18.1. The number of likely N-dealkylation sites (tertiary alicyclic amines) is 1. The normalized spacial score (nSPS) is 30.5. The Morgan fingerprint density at radius 3 is 2.43 bits per heavy atom. The third kappa shape index (κ3) is 4.37. The van der Waals surface area contributed by atoms with Crippen LogP contribution >= 0.6 is 0 Å². The van der Waals surface area contributed by atoms with Gasteiger partial charge in [-0.15, -0.1) is 0 Å². The second-order valence-corrected chi connectivity index (χ2v) is 10.8. The monoisotopic (exact) mass is 434 g/mol. The zero-order valence-corrected chi connectivity index (χ0v) is 18.9. The number of aryl methyl sites for hydroxylation is 1. The first-order valence-corrected chi connectivity index (χ1v) is 12.8. The highest BCUT2D eigenvalue weighted by Crippen LogP contribution is 2.39. The van der Waals surface area contributed by atoms with E-state index in [1.165, 1.54) is 23.6 Å². The van der Waals surface area contributed by atoms with Crippen LogP contribution in [0.15, 0.2) is 24.3 Å². The molecular formula is C23H34N2O4S. The molecule has 4 atom stereocenters. The predicted molar refractivity (Wildman–Crippen MR) is 116 cm³/mol. The fourth-order valence-corrected chi connectivity index (χ4v) is 6.86. The van der Waals surface area contributed by atoms with Crippen molar-refractivity contribution in [3.05, 3.63) is 29.8 Å². The van der Waals surface area contributed by atoms with Gasteiger partial charge in [0.15, 0.2) is 0 Å². The smallest absolute Gasteiger partial charge is 0.371 e. The average Bonchev–Trinajstić information content (AvgIpc) is 2.75. The summed E-state index contributed by atoms with van der Waals surface area (Å²) in [6, 6.07) is 6.74. The van der Waals surface area contributed by atoms with Gasteiger partial charge in [-0.25, -0.2) is 0 Å². The Labute approximate surface area is 180 Å². The highest BCUT2D eigenvalue weighted by Gasteiger charge is 2.45. The number of carbonyl (C=O) groups excluding carboxylic acids is 1. The number of carbonyl (C=O) groups is 1. The molecule has 2 saturated heterocycles. The molecule has 1 saturated carbocycles. The molecule has 0 bridgehead atoms. The number of fused-ring (bicyclic) bond motifs is 1. The van der Waals surface area contributed by atoms with Crippen molar-refractivity contribution in [1.82, 2.24) is 9.21 Å². The molecule has 6 nitrogen and oxygen atoms in total. The number of hydrogen-bond donors (Lipinski definition) is 0. The van der Waals surface area contributed by atoms with E-state index in [0.29, 0.717) is 18.9 Å². The van der Waals surface area contributed by atoms with Gasteiger partial charge in [0.05, 0.1) is 0 Å². The third-order valence-electron chi connectivity index (χ3n) is 7.16. The molecule has 2 heterocycles. The number of hydrogen-bond acceptors (Lipinski definition) is 4. The molecule has 1 aromatic rings. The first-order valence-electron chi connectivity index (χ1n) is 11.5. The van der Waals surface area contributed by atoms with Crippen LogP contribution in [-0.4, -0.2) is 48.2 Å². The molecule has 7 heteroatoms. The number of amides is 1. The lowest BCUT2D eigenvalue weighted by Crippen LogP contribution is -2.61. The Balaban J connectivity index is 1.56. The van der Waals surface area contributed by atoms with Gasteiger partial charge in [-0.3, -0.25) is 4.79 Å². The summed E-state index contributed by atoms with van der Waals surface area (Å²) in [5.41, 5.74) is 1.03. The first kappa shape index (κ1) is 21.6. The molecule has 0 N–H and O–H groups in total. The lowest BCUT2D eigenvalue weighted by Gasteiger charge is -2.49. The summed E-state index contributed by atoms with van der Waals surface area (Å²) in [5.74, 6) is 0.835. The molecule has 1 aliphatic carbocycles. The molecule has 0 unspecified atom stereocenters. The van der Waals surface area contributed by atoms with Gasteiger partial charge in [-0.1, -0.05) is 37.0 Å². The van der Waals surface area contributed by atoms with Crippen molar-refractivity contribution in [2.24, 2.45) is 5.92 Å². The van der Waals surface area contributed by atoms with Crippen LogP contribution in [0.1, 0.15) is 70.3 Å². The maximum absolute atomic E-state index is 13.7. The maximum atomic E-state index is 13.7. The van der Waals surface area contributed by atoms with Crippen molar-refractivity contribution in [3.8, 4) is 5.75 Å². The van der Waals surface area contributed by atoms with E-state index < -0.39 is 16.3 Å². The Hall–Kier alpha value is -1.60. The van der Waals surface area contributed by atoms with Crippen LogP contribution < -0.4 is 4.18 Å². The number of rotatable bonds is 4. The van der Waals surface area contributed by atoms with Gasteiger partial charge in [0.2, 0.25) is 5.91 Å². The summed E-state index contributed by atoms with van der Waals surface area (Å²) < 4.78 is 33.0. The van der Waals surface area contributed by atoms with Crippen molar-refractivity contribution in [3.63, 3.8) is 0 Å². The molecule has 1 aromatic carbocycles. The Kier molecular flexibility index (Phi) is 6.39. The number of piperidine rings is 2. The van der Waals surface area contributed by atoms with Crippen LogP contribution in [0.4, 0.5) is 0 Å². The minimum Gasteiger partial charge on any atom is -0.371 e. The van der Waals surface area contributed by atoms with Gasteiger partial charge in [0.1, 0.15) is 11.8 Å². The van der Waals surface area contributed by atoms with Crippen molar-refractivity contribution < 1.29 is 17.4 Å². The first-order chi connectivity index (χ1) is 14.4. The second-order valence-electron chi connectivity index (χ2n) is 9.26. The van der Waals surface area contributed by atoms with Crippen LogP contribution in [0.25, 0.3) is 0 Å². The van der Waals surface area contributed by atoms with Gasteiger partial charge in [-0.05, 0) is 70.4 Å². The standard InChI is InChI=1S/C23H34N2O4S/c1-17-10-14-20(15-11-17)29-30(27,28)24-16-6-5-9-22(24)23(26)25-18(2)12-13-19-7-3-4-8-21(19)25/h10-11,14-15,18-19,21-22H,3-9,12-13,16H2,1-2H3/t18-,19-,21+,22-/m1/s1. The van der Waals surface area contributed by atoms with E-state index in [9.17, 15) is 13.2 Å². The second kappa shape index (κ2) is 8.87. The van der Waals surface area contributed by atoms with Crippen LogP contribution in [-0.2, 0) is 15.1 Å². The summed E-state index contributed by atoms with van der Waals surface area (Å²) in [5, 5.41) is 0. The predicted octanol–water partition coefficient (Wildman–Crippen LogP) is 4.04. The number of nitrogens with zero attached hydrogens (tertiary/aromatic N) is 2. The van der Waals surface area contributed by atoms with E-state index in [-0.39, 0.29) is 23.7 Å². The lowest BCUT2D eigenvalue weighted by molar-refractivity contribution is -0.146. The van der Waals surface area contributed by atoms with Gasteiger partial charge in [-0.2, -0.15) is 12.7 Å². The van der Waals surface area contributed by atoms with E-state index in [1.54, 1.807) is 12.1 Å². The summed E-state index contributed by atoms with van der Waals surface area (Å²) in [6.07, 6.45) is 8.99. The fraction of sp³-hybridized carbons (Fsp3) is 0.696. The summed E-state index contributed by atoms with van der Waals surface area (Å²) in [4.78, 5) is 15.8. The van der Waals surface area contributed by atoms with Crippen molar-refractivity contribution >= 4 is 16.2 Å². The van der Waals surface area contributed by atoms with Crippen LogP contribution in [0.3, 0.4) is 0 Å². The van der Waals surface area contributed by atoms with E-state index in [4.69, 9.17) is 4.18 Å². The van der Waals surface area contributed by atoms with Gasteiger partial charge < -0.3 is 9.08 Å². The highest BCUT2D eigenvalue weighted by molar-refractivity contribution is 7.84. The molecule has 0 radical (unpaired) electrons. The molecule has 4 rings (SSSR count). The van der Waals surface area contributed by atoms with Gasteiger partial charge >= 0.3 is 10.3 Å². The summed E-state index contributed by atoms with van der Waals surface area (Å²) in [7, 11) is -4.04. The average molecular weight is 435 g/mol. The SMILES string of the molecule is Cc1ccc(OS(=O)(=O)N2CCCC[C@@H]2C(=O)N2[C@H](C)CC[C@H]3CCCC[C@@H]32)cc1. The third-order valence-corrected chi connectivity index (χ3v) is 8.57. The minimum atomic E-state index is -4.04. The van der Waals surface area contributed by atoms with E-state index in [2.05, 4.69) is 11.8 Å². The number of benzene rings is 1. The van der Waals surface area contributed by atoms with Crippen LogP contribution in [0.2, 0.25) is 0 Å². The quantitative estimate of drug-likeness (QED) is 0.717. The molecule has 3 fully saturated rings. The molecule has 1 amide bonds. The van der Waals surface area contributed by atoms with E-state index >= 15 is 0 Å². The van der Waals surface area contributed by atoms with Crippen LogP contribution in [0.5, 0.6) is 5.75 Å². The van der Waals surface area contributed by atoms with Crippen molar-refractivity contribution in [2.45, 2.75) is 89.8 Å². The van der Waals surface area contributed by atoms with Crippen molar-refractivity contribution in [1.29, 1.82) is 0 Å². The van der Waals surface area contributed by atoms with Crippen molar-refractivity contribution in [2.75, 3.05) is 6.54 Å². The largest absolute Gasteiger partial charge is 0.385 e.